The molecule has 0 spiro atoms. The molecule has 0 aromatic rings. The van der Waals surface area contributed by atoms with Gasteiger partial charge in [-0.2, -0.15) is 0 Å². The van der Waals surface area contributed by atoms with Gasteiger partial charge in [-0.1, -0.05) is 0 Å². The van der Waals surface area contributed by atoms with E-state index in [1.165, 1.54) is 0 Å². The zero-order chi connectivity index (χ0) is 2.71. The fourth-order valence-electron chi connectivity index (χ4n) is 0. The fraction of sp³-hybridized carbons (Fsp3) is 0. The van der Waals surface area contributed by atoms with Gasteiger partial charge in [-0.3, -0.25) is 0 Å². The van der Waals surface area contributed by atoms with Gasteiger partial charge in [-0.15, -0.1) is 0 Å². The van der Waals surface area contributed by atoms with Crippen molar-refractivity contribution in [1.29, 1.82) is 0 Å². The first kappa shape index (κ1) is 9.15. The molecule has 4 heavy (non-hydrogen) atoms. The molecule has 4 heteroatoms. The van der Waals surface area contributed by atoms with E-state index >= 15 is 0 Å². The first-order valence-electron chi connectivity index (χ1n) is 0.239. The number of hydrogen-bond acceptors (Lipinski definition) is 0. The summed E-state index contributed by atoms with van der Waals surface area (Å²) >= 11 is 0.569. The molecular formula is Cl2CrNi. The maximum Gasteiger partial charge on any atom is 0 e. The van der Waals surface area contributed by atoms with E-state index in [1.807, 2.05) is 0 Å². The Morgan fingerprint density at radius 1 is 1.25 bits per heavy atom. The summed E-state index contributed by atoms with van der Waals surface area (Å²) in [4.78, 5) is 0. The molecule has 0 aliphatic rings. The SMILES string of the molecule is [Cl][Ni][Cl].[Cr]. The number of hydrogen-bond donors (Lipinski definition) is 0. The summed E-state index contributed by atoms with van der Waals surface area (Å²) in [5.41, 5.74) is 0. The molecule has 0 heterocycles. The molecule has 0 amide bonds. The molecule has 0 saturated carbocycles. The van der Waals surface area contributed by atoms with Crippen LogP contribution in [0.4, 0.5) is 0 Å². The van der Waals surface area contributed by atoms with Gasteiger partial charge in [0.15, 0.2) is 0 Å². The van der Waals surface area contributed by atoms with Crippen molar-refractivity contribution in [3.8, 4) is 0 Å². The van der Waals surface area contributed by atoms with Crippen molar-refractivity contribution in [2.45, 2.75) is 0 Å². The summed E-state index contributed by atoms with van der Waals surface area (Å²) < 4.78 is 0. The number of halogens is 2. The van der Waals surface area contributed by atoms with Gasteiger partial charge in [-0.05, 0) is 0 Å². The van der Waals surface area contributed by atoms with Crippen LogP contribution in [-0.4, -0.2) is 0 Å². The first-order valence-corrected chi connectivity index (χ1v) is 2.96. The standard InChI is InChI=1S/2ClH.Cr.Ni/h2*1H;;/q;;;+2/p-2. The Bertz CT molecular complexity index is 6.00. The second-order valence-electron chi connectivity index (χ2n) is 0.0452. The van der Waals surface area contributed by atoms with Gasteiger partial charge >= 0.3 is 33.0 Å². The van der Waals surface area contributed by atoms with Gasteiger partial charge in [0.2, 0.25) is 0 Å². The summed E-state index contributed by atoms with van der Waals surface area (Å²) in [5, 5.41) is 0. The summed E-state index contributed by atoms with van der Waals surface area (Å²) in [5.74, 6) is 0. The van der Waals surface area contributed by atoms with Crippen LogP contribution in [0.25, 0.3) is 0 Å². The minimum atomic E-state index is 0. The van der Waals surface area contributed by atoms with Crippen LogP contribution in [0.1, 0.15) is 0 Å². The van der Waals surface area contributed by atoms with E-state index in [1.54, 1.807) is 0 Å². The van der Waals surface area contributed by atoms with E-state index in [9.17, 15) is 0 Å². The molecule has 30 valence electrons. The predicted octanol–water partition coefficient (Wildman–Crippen LogP) is 1.37. The summed E-state index contributed by atoms with van der Waals surface area (Å²) in [6.45, 7) is 0. The Morgan fingerprint density at radius 3 is 1.25 bits per heavy atom. The average Bonchev–Trinajstić information content (AvgIpc) is 0.918. The average molecular weight is 182 g/mol. The quantitative estimate of drug-likeness (QED) is 0.496. The third-order valence-corrected chi connectivity index (χ3v) is 0. The summed E-state index contributed by atoms with van der Waals surface area (Å²) in [7, 11) is 9.40. The van der Waals surface area contributed by atoms with Crippen LogP contribution in [0.5, 0.6) is 0 Å². The fourth-order valence-corrected chi connectivity index (χ4v) is 0. The molecule has 0 fully saturated rings. The Hall–Kier alpha value is 1.61. The van der Waals surface area contributed by atoms with Crippen LogP contribution < -0.4 is 0 Å². The van der Waals surface area contributed by atoms with Crippen LogP contribution in [0, 0.1) is 0 Å². The van der Waals surface area contributed by atoms with Gasteiger partial charge in [0.05, 0.1) is 0 Å². The van der Waals surface area contributed by atoms with Crippen LogP contribution >= 0.6 is 20.4 Å². The molecule has 0 aromatic heterocycles. The molecule has 0 atom stereocenters. The third-order valence-electron chi connectivity index (χ3n) is 0. The Labute approximate surface area is 50.3 Å². The van der Waals surface area contributed by atoms with Crippen molar-refractivity contribution >= 4 is 20.4 Å². The number of rotatable bonds is 0. The normalized spacial score (nSPS) is 5.50. The van der Waals surface area contributed by atoms with Crippen molar-refractivity contribution in [2.75, 3.05) is 0 Å². The molecular weight excluding hydrogens is 182 g/mol. The van der Waals surface area contributed by atoms with Crippen molar-refractivity contribution < 1.29 is 30.0 Å². The molecule has 0 nitrogen and oxygen atoms in total. The van der Waals surface area contributed by atoms with Crippen LogP contribution in [0.3, 0.4) is 0 Å². The Kier molecular flexibility index (Phi) is 20.2. The van der Waals surface area contributed by atoms with E-state index in [4.69, 9.17) is 20.4 Å². The molecule has 0 aliphatic heterocycles. The van der Waals surface area contributed by atoms with Crippen molar-refractivity contribution in [3.05, 3.63) is 0 Å². The van der Waals surface area contributed by atoms with E-state index in [-0.39, 0.29) is 17.4 Å². The molecule has 0 aliphatic carbocycles. The van der Waals surface area contributed by atoms with Crippen molar-refractivity contribution in [3.63, 3.8) is 0 Å². The van der Waals surface area contributed by atoms with Gasteiger partial charge < -0.3 is 0 Å². The van der Waals surface area contributed by atoms with Crippen molar-refractivity contribution in [1.82, 2.24) is 0 Å². The maximum atomic E-state index is 4.70. The zero-order valence-corrected chi connectivity index (χ0v) is 5.25. The predicted molar refractivity (Wildman–Crippen MR) is 11.7 cm³/mol. The molecule has 0 radical (unpaired) electrons. The van der Waals surface area contributed by atoms with Crippen LogP contribution in [-0.2, 0) is 30.0 Å². The van der Waals surface area contributed by atoms with E-state index in [0.29, 0.717) is 12.7 Å². The zero-order valence-electron chi connectivity index (χ0n) is 1.48. The van der Waals surface area contributed by atoms with Gasteiger partial charge in [0.25, 0.3) is 0 Å². The maximum absolute atomic E-state index is 4.70. The monoisotopic (exact) mass is 180 g/mol. The minimum absolute atomic E-state index is 0. The largest absolute Gasteiger partial charge is 0 e. The second-order valence-corrected chi connectivity index (χ2v) is 1.68. The van der Waals surface area contributed by atoms with E-state index < -0.39 is 0 Å². The van der Waals surface area contributed by atoms with Gasteiger partial charge in [0, 0.05) is 17.4 Å². The smallest absolute Gasteiger partial charge is 0 e. The molecule has 0 unspecified atom stereocenters. The minimum Gasteiger partial charge on any atom is 0 e. The van der Waals surface area contributed by atoms with E-state index in [2.05, 4.69) is 0 Å². The molecule has 0 rings (SSSR count). The second kappa shape index (κ2) is 8.82. The Balaban J connectivity index is 0. The van der Waals surface area contributed by atoms with Gasteiger partial charge in [-0.25, -0.2) is 0 Å². The summed E-state index contributed by atoms with van der Waals surface area (Å²) in [6.07, 6.45) is 0. The molecule has 0 aromatic carbocycles. The van der Waals surface area contributed by atoms with Gasteiger partial charge in [0.1, 0.15) is 0 Å². The first-order chi connectivity index (χ1) is 1.41. The van der Waals surface area contributed by atoms with Crippen LogP contribution in [0.2, 0.25) is 0 Å². The molecule has 0 N–H and O–H groups in total. The summed E-state index contributed by atoms with van der Waals surface area (Å²) in [6, 6.07) is 0. The molecule has 0 bridgehead atoms. The molecule has 0 saturated heterocycles. The topological polar surface area (TPSA) is 0 Å². The van der Waals surface area contributed by atoms with E-state index in [0.717, 1.165) is 0 Å². The Morgan fingerprint density at radius 2 is 1.25 bits per heavy atom. The third kappa shape index (κ3) is 9.49. The van der Waals surface area contributed by atoms with Crippen molar-refractivity contribution in [2.24, 2.45) is 0 Å². The van der Waals surface area contributed by atoms with Crippen LogP contribution in [0.15, 0.2) is 0 Å².